The lowest BCUT2D eigenvalue weighted by molar-refractivity contribution is -0.158. The third-order valence-electron chi connectivity index (χ3n) is 13.7. The first-order valence-corrected chi connectivity index (χ1v) is 24.0. The van der Waals surface area contributed by atoms with Crippen LogP contribution in [0.4, 0.5) is 21.0 Å². The van der Waals surface area contributed by atoms with Gasteiger partial charge in [0.15, 0.2) is 0 Å². The fraction of sp³-hybridized carbons (Fsp3) is 0.446. The maximum Gasteiger partial charge on any atom is 0.418 e. The van der Waals surface area contributed by atoms with E-state index in [-0.39, 0.29) is 18.3 Å². The number of benzene rings is 4. The summed E-state index contributed by atoms with van der Waals surface area (Å²) in [6, 6.07) is 31.1. The summed E-state index contributed by atoms with van der Waals surface area (Å²) in [5.41, 5.74) is 8.91. The molecule has 7 aliphatic rings. The molecule has 3 saturated heterocycles. The highest BCUT2D eigenvalue weighted by molar-refractivity contribution is 6.14. The van der Waals surface area contributed by atoms with Gasteiger partial charge < -0.3 is 29.4 Å². The van der Waals surface area contributed by atoms with Crippen LogP contribution in [0.1, 0.15) is 134 Å². The van der Waals surface area contributed by atoms with Gasteiger partial charge in [0.1, 0.15) is 24.3 Å². The van der Waals surface area contributed by atoms with Crippen LogP contribution in [-0.2, 0) is 64.9 Å². The normalized spacial score (nSPS) is 22.4. The second-order valence-corrected chi connectivity index (χ2v) is 21.3. The Morgan fingerprint density at radius 1 is 0.606 bits per heavy atom. The Labute approximate surface area is 415 Å². The summed E-state index contributed by atoms with van der Waals surface area (Å²) in [7, 11) is 0. The second kappa shape index (κ2) is 18.7. The van der Waals surface area contributed by atoms with Gasteiger partial charge >= 0.3 is 24.1 Å². The summed E-state index contributed by atoms with van der Waals surface area (Å²) in [4.78, 5) is 83.5. The van der Waals surface area contributed by atoms with Gasteiger partial charge in [-0.3, -0.25) is 19.2 Å². The zero-order chi connectivity index (χ0) is 49.9. The lowest BCUT2D eigenvalue weighted by Crippen LogP contribution is -2.41. The molecular weight excluding hydrogens is 905 g/mol. The summed E-state index contributed by atoms with van der Waals surface area (Å²) in [6.45, 7) is 11.5. The standard InChI is InChI=1S/C32H30N2O5.C19H22N2O5.C4H8O.CH4/c1-30(2,3)38-26(35)19-34-28(36)32(39-29(34)37)20-31(16-17-31)25-18-23(14-15-24(25)32)33-27(21-10-6-4-7-11-21)22-12-8-5-9-13-22;1-17(2,3)25-14(22)9-21-15(23)19(26-16(21)24)10-18(6-7-18)13-8-11(20)4-5-12(13)19;1-2-4-5-3-1;/h4-15,18H,16-17,19-20H2,1-3H3;4-5,8H,6-7,9-10,20H2,1-3H3;1-4H2;1H4. The minimum atomic E-state index is -1.42. The lowest BCUT2D eigenvalue weighted by Gasteiger charge is -2.22. The predicted octanol–water partition coefficient (Wildman–Crippen LogP) is 9.46. The first kappa shape index (κ1) is 50.5. The van der Waals surface area contributed by atoms with Gasteiger partial charge in [-0.2, -0.15) is 0 Å². The van der Waals surface area contributed by atoms with Crippen LogP contribution in [0, 0.1) is 0 Å². The average molecular weight is 969 g/mol. The van der Waals surface area contributed by atoms with E-state index in [0.717, 1.165) is 82.3 Å². The number of anilines is 1. The number of amides is 4. The van der Waals surface area contributed by atoms with Crippen LogP contribution in [-0.4, -0.2) is 89.0 Å². The van der Waals surface area contributed by atoms with Crippen molar-refractivity contribution in [2.24, 2.45) is 4.99 Å². The largest absolute Gasteiger partial charge is 0.459 e. The maximum absolute atomic E-state index is 13.7. The summed E-state index contributed by atoms with van der Waals surface area (Å²) in [5.74, 6) is -2.29. The van der Waals surface area contributed by atoms with E-state index in [1.54, 1.807) is 53.7 Å². The number of nitrogens with zero attached hydrogens (tertiary/aromatic N) is 3. The molecule has 3 heterocycles. The molecule has 15 nitrogen and oxygen atoms in total. The number of nitrogen functional groups attached to an aromatic ring is 1. The monoisotopic (exact) mass is 968 g/mol. The summed E-state index contributed by atoms with van der Waals surface area (Å²) >= 11 is 0. The SMILES string of the molecule is C.C1CCOC1.CC(C)(C)OC(=O)CN1C(=O)OC2(CC3(CC3)c3cc(N)ccc32)C1=O.CC(C)(C)OC(=O)CN1C(=O)OC2(CC3(CC3)c3cc(N=C(c4ccccc4)c4ccccc4)ccc32)C1=O. The minimum absolute atomic E-state index is 0. The minimum Gasteiger partial charge on any atom is -0.459 e. The van der Waals surface area contributed by atoms with Gasteiger partial charge in [0.25, 0.3) is 11.8 Å². The molecule has 374 valence electrons. The van der Waals surface area contributed by atoms with Crippen molar-refractivity contribution in [1.82, 2.24) is 9.80 Å². The van der Waals surface area contributed by atoms with Gasteiger partial charge in [-0.05, 0) is 115 Å². The van der Waals surface area contributed by atoms with E-state index in [4.69, 9.17) is 34.4 Å². The molecule has 4 amide bonds. The second-order valence-electron chi connectivity index (χ2n) is 21.3. The Hall–Kier alpha value is -6.87. The smallest absolute Gasteiger partial charge is 0.418 e. The van der Waals surface area contributed by atoms with Crippen molar-refractivity contribution in [3.05, 3.63) is 130 Å². The number of fused-ring (bicyclic) bond motifs is 6. The third-order valence-corrected chi connectivity index (χ3v) is 13.7. The average Bonchev–Trinajstić information content (AvgIpc) is 4.04. The predicted molar refractivity (Wildman–Crippen MR) is 265 cm³/mol. The molecule has 4 aromatic carbocycles. The zero-order valence-electron chi connectivity index (χ0n) is 40.6. The number of aliphatic imine (C=N–C) groups is 1. The zero-order valence-corrected chi connectivity index (χ0v) is 40.6. The quantitative estimate of drug-likeness (QED) is 0.0799. The molecule has 0 radical (unpaired) electrons. The van der Waals surface area contributed by atoms with E-state index in [9.17, 15) is 28.8 Å². The van der Waals surface area contributed by atoms with Gasteiger partial charge in [0, 0.05) is 64.8 Å². The van der Waals surface area contributed by atoms with E-state index in [0.29, 0.717) is 29.7 Å². The van der Waals surface area contributed by atoms with Crippen molar-refractivity contribution in [3.8, 4) is 0 Å². The number of carbonyl (C=O) groups is 6. The Morgan fingerprint density at radius 2 is 1.03 bits per heavy atom. The first-order valence-electron chi connectivity index (χ1n) is 24.0. The molecule has 71 heavy (non-hydrogen) atoms. The van der Waals surface area contributed by atoms with Crippen molar-refractivity contribution in [2.75, 3.05) is 32.0 Å². The Morgan fingerprint density at radius 3 is 1.42 bits per heavy atom. The molecule has 4 aliphatic carbocycles. The van der Waals surface area contributed by atoms with Gasteiger partial charge in [-0.15, -0.1) is 0 Å². The van der Waals surface area contributed by atoms with Gasteiger partial charge in [-0.25, -0.2) is 24.4 Å². The number of carbonyl (C=O) groups excluding carboxylic acids is 6. The lowest BCUT2D eigenvalue weighted by atomic mass is 9.94. The topological polar surface area (TPSA) is 193 Å². The Kier molecular flexibility index (Phi) is 13.3. The number of hydrogen-bond donors (Lipinski definition) is 1. The van der Waals surface area contributed by atoms with E-state index < -0.39 is 71.4 Å². The van der Waals surface area contributed by atoms with E-state index in [1.807, 2.05) is 84.9 Å². The fourth-order valence-electron chi connectivity index (χ4n) is 10.3. The number of hydrogen-bond acceptors (Lipinski definition) is 13. The number of nitrogens with two attached hydrogens (primary N) is 1. The van der Waals surface area contributed by atoms with Crippen molar-refractivity contribution in [1.29, 1.82) is 0 Å². The molecule has 2 unspecified atom stereocenters. The van der Waals surface area contributed by atoms with Crippen LogP contribution in [0.5, 0.6) is 0 Å². The summed E-state index contributed by atoms with van der Waals surface area (Å²) in [6.07, 6.45) is 5.39. The van der Waals surface area contributed by atoms with Crippen LogP contribution < -0.4 is 5.73 Å². The Bertz CT molecular complexity index is 2730. The van der Waals surface area contributed by atoms with Crippen LogP contribution >= 0.6 is 0 Å². The fourth-order valence-corrected chi connectivity index (χ4v) is 10.3. The molecular formula is C56H64N4O11. The summed E-state index contributed by atoms with van der Waals surface area (Å²) < 4.78 is 26.9. The van der Waals surface area contributed by atoms with E-state index >= 15 is 0 Å². The number of ether oxygens (including phenoxy) is 5. The van der Waals surface area contributed by atoms with Gasteiger partial charge in [-0.1, -0.05) is 80.2 Å². The molecule has 5 fully saturated rings. The molecule has 0 bridgehead atoms. The number of rotatable bonds is 7. The Balaban J connectivity index is 0.000000182. The molecule has 2 atom stereocenters. The van der Waals surface area contributed by atoms with Gasteiger partial charge in [0.2, 0.25) is 11.2 Å². The van der Waals surface area contributed by atoms with Crippen molar-refractivity contribution < 1.29 is 52.5 Å². The molecule has 0 aromatic heterocycles. The molecule has 2 saturated carbocycles. The maximum atomic E-state index is 13.7. The van der Waals surface area contributed by atoms with Gasteiger partial charge in [0.05, 0.1) is 11.4 Å². The van der Waals surface area contributed by atoms with Crippen LogP contribution in [0.3, 0.4) is 0 Å². The van der Waals surface area contributed by atoms with Crippen LogP contribution in [0.25, 0.3) is 0 Å². The molecule has 4 spiro atoms. The molecule has 2 N–H and O–H groups in total. The highest BCUT2D eigenvalue weighted by atomic mass is 16.6. The first-order chi connectivity index (χ1) is 33.2. The van der Waals surface area contributed by atoms with Crippen molar-refractivity contribution in [3.63, 3.8) is 0 Å². The molecule has 11 rings (SSSR count). The molecule has 15 heteroatoms. The number of esters is 2. The van der Waals surface area contributed by atoms with E-state index in [1.165, 1.54) is 12.8 Å². The number of imide groups is 2. The van der Waals surface area contributed by atoms with Crippen LogP contribution in [0.15, 0.2) is 102 Å². The van der Waals surface area contributed by atoms with Crippen molar-refractivity contribution >= 4 is 53.0 Å². The van der Waals surface area contributed by atoms with E-state index in [2.05, 4.69) is 0 Å². The van der Waals surface area contributed by atoms with Crippen molar-refractivity contribution in [2.45, 2.75) is 134 Å². The van der Waals surface area contributed by atoms with Crippen LogP contribution in [0.2, 0.25) is 0 Å². The summed E-state index contributed by atoms with van der Waals surface area (Å²) in [5, 5.41) is 0. The molecule has 3 aliphatic heterocycles. The molecule has 4 aromatic rings. The highest BCUT2D eigenvalue weighted by Gasteiger charge is 2.69. The highest BCUT2D eigenvalue weighted by Crippen LogP contribution is 2.66. The third kappa shape index (κ3) is 9.93.